The molecule has 0 spiro atoms. The molecule has 0 bridgehead atoms. The van der Waals surface area contributed by atoms with Gasteiger partial charge < -0.3 is 20.1 Å². The van der Waals surface area contributed by atoms with Gasteiger partial charge in [-0.05, 0) is 20.3 Å². The number of morpholine rings is 1. The van der Waals surface area contributed by atoms with Crippen molar-refractivity contribution in [2.24, 2.45) is 0 Å². The highest BCUT2D eigenvalue weighted by atomic mass is 19.1. The Labute approximate surface area is 119 Å². The Balaban J connectivity index is 2.29. The molecule has 20 heavy (non-hydrogen) atoms. The zero-order chi connectivity index (χ0) is 14.7. The standard InChI is InChI=1S/C15H23FN2O2/c1-4-5-19-15-7-14(13(17)6-12(15)16)18-8-11(3)20-9-10(18)2/h6-7,10-11H,4-5,8-9,17H2,1-3H3. The molecule has 1 aromatic carbocycles. The minimum absolute atomic E-state index is 0.135. The van der Waals surface area contributed by atoms with E-state index in [1.165, 1.54) is 6.07 Å². The minimum Gasteiger partial charge on any atom is -0.490 e. The molecule has 1 fully saturated rings. The van der Waals surface area contributed by atoms with Crippen LogP contribution in [0.5, 0.6) is 5.75 Å². The third-order valence-corrected chi connectivity index (χ3v) is 3.46. The summed E-state index contributed by atoms with van der Waals surface area (Å²) in [4.78, 5) is 2.15. The number of benzene rings is 1. The van der Waals surface area contributed by atoms with Gasteiger partial charge in [0, 0.05) is 24.7 Å². The number of hydrogen-bond donors (Lipinski definition) is 1. The first-order valence-corrected chi connectivity index (χ1v) is 7.13. The van der Waals surface area contributed by atoms with Crippen LogP contribution in [0, 0.1) is 5.82 Å². The Kier molecular flexibility index (Phi) is 4.70. The third kappa shape index (κ3) is 3.15. The van der Waals surface area contributed by atoms with Gasteiger partial charge in [-0.1, -0.05) is 6.92 Å². The van der Waals surface area contributed by atoms with Crippen LogP contribution >= 0.6 is 0 Å². The number of nitrogen functional groups attached to an aromatic ring is 1. The van der Waals surface area contributed by atoms with E-state index in [1.807, 2.05) is 13.8 Å². The van der Waals surface area contributed by atoms with E-state index < -0.39 is 5.82 Å². The SMILES string of the molecule is CCCOc1cc(N2CC(C)OCC2C)c(N)cc1F. The average Bonchev–Trinajstić information content (AvgIpc) is 2.41. The monoisotopic (exact) mass is 282 g/mol. The van der Waals surface area contributed by atoms with Crippen LogP contribution in [0.15, 0.2) is 12.1 Å². The molecule has 1 aliphatic heterocycles. The molecule has 4 nitrogen and oxygen atoms in total. The molecule has 0 saturated carbocycles. The fraction of sp³-hybridized carbons (Fsp3) is 0.600. The zero-order valence-corrected chi connectivity index (χ0v) is 12.4. The van der Waals surface area contributed by atoms with Crippen molar-refractivity contribution in [2.75, 3.05) is 30.4 Å². The van der Waals surface area contributed by atoms with Gasteiger partial charge in [0.05, 0.1) is 30.7 Å². The lowest BCUT2D eigenvalue weighted by Crippen LogP contribution is -2.47. The number of anilines is 2. The normalized spacial score (nSPS) is 22.9. The molecule has 2 rings (SSSR count). The van der Waals surface area contributed by atoms with Crippen molar-refractivity contribution in [1.29, 1.82) is 0 Å². The van der Waals surface area contributed by atoms with Crippen LogP contribution in [-0.2, 0) is 4.74 Å². The van der Waals surface area contributed by atoms with E-state index in [0.29, 0.717) is 18.9 Å². The first-order valence-electron chi connectivity index (χ1n) is 7.13. The third-order valence-electron chi connectivity index (χ3n) is 3.46. The minimum atomic E-state index is -0.409. The van der Waals surface area contributed by atoms with Crippen molar-refractivity contribution in [1.82, 2.24) is 0 Å². The number of nitrogens with zero attached hydrogens (tertiary/aromatic N) is 1. The molecule has 0 radical (unpaired) electrons. The van der Waals surface area contributed by atoms with Crippen molar-refractivity contribution < 1.29 is 13.9 Å². The summed E-state index contributed by atoms with van der Waals surface area (Å²) in [6.45, 7) is 7.96. The first kappa shape index (κ1) is 14.9. The molecule has 1 saturated heterocycles. The molecule has 112 valence electrons. The lowest BCUT2D eigenvalue weighted by molar-refractivity contribution is 0.0344. The topological polar surface area (TPSA) is 47.7 Å². The summed E-state index contributed by atoms with van der Waals surface area (Å²) < 4.78 is 24.9. The van der Waals surface area contributed by atoms with E-state index >= 15 is 0 Å². The van der Waals surface area contributed by atoms with Crippen molar-refractivity contribution in [3.8, 4) is 5.75 Å². The van der Waals surface area contributed by atoms with Gasteiger partial charge in [0.25, 0.3) is 0 Å². The zero-order valence-electron chi connectivity index (χ0n) is 12.4. The second-order valence-electron chi connectivity index (χ2n) is 5.34. The maximum atomic E-state index is 13.8. The quantitative estimate of drug-likeness (QED) is 0.863. The van der Waals surface area contributed by atoms with Crippen LogP contribution in [0.4, 0.5) is 15.8 Å². The van der Waals surface area contributed by atoms with Gasteiger partial charge in [0.2, 0.25) is 0 Å². The smallest absolute Gasteiger partial charge is 0.167 e. The van der Waals surface area contributed by atoms with Gasteiger partial charge in [-0.2, -0.15) is 0 Å². The van der Waals surface area contributed by atoms with Gasteiger partial charge in [0.15, 0.2) is 11.6 Å². The maximum absolute atomic E-state index is 13.8. The number of hydrogen-bond acceptors (Lipinski definition) is 4. The average molecular weight is 282 g/mol. The highest BCUT2D eigenvalue weighted by Gasteiger charge is 2.26. The molecule has 2 atom stereocenters. The van der Waals surface area contributed by atoms with Gasteiger partial charge in [0.1, 0.15) is 0 Å². The second kappa shape index (κ2) is 6.31. The van der Waals surface area contributed by atoms with E-state index in [1.54, 1.807) is 6.07 Å². The Morgan fingerprint density at radius 1 is 1.45 bits per heavy atom. The number of ether oxygens (including phenoxy) is 2. The molecule has 1 aromatic rings. The van der Waals surface area contributed by atoms with Crippen LogP contribution < -0.4 is 15.4 Å². The summed E-state index contributed by atoms with van der Waals surface area (Å²) in [5, 5.41) is 0. The summed E-state index contributed by atoms with van der Waals surface area (Å²) in [6.07, 6.45) is 0.972. The van der Waals surface area contributed by atoms with Gasteiger partial charge in [-0.25, -0.2) is 4.39 Å². The molecular weight excluding hydrogens is 259 g/mol. The number of halogens is 1. The van der Waals surface area contributed by atoms with E-state index in [4.69, 9.17) is 15.2 Å². The molecule has 5 heteroatoms. The molecule has 0 aliphatic carbocycles. The summed E-state index contributed by atoms with van der Waals surface area (Å²) in [7, 11) is 0. The second-order valence-corrected chi connectivity index (χ2v) is 5.34. The summed E-state index contributed by atoms with van der Waals surface area (Å²) >= 11 is 0. The number of rotatable bonds is 4. The molecule has 2 N–H and O–H groups in total. The molecule has 0 aromatic heterocycles. The molecular formula is C15H23FN2O2. The molecule has 1 heterocycles. The summed E-state index contributed by atoms with van der Waals surface area (Å²) in [5.41, 5.74) is 7.24. The van der Waals surface area contributed by atoms with Crippen LogP contribution in [-0.4, -0.2) is 31.9 Å². The molecule has 0 amide bonds. The van der Waals surface area contributed by atoms with Gasteiger partial charge in [-0.3, -0.25) is 0 Å². The fourth-order valence-electron chi connectivity index (χ4n) is 2.37. The van der Waals surface area contributed by atoms with E-state index in [9.17, 15) is 4.39 Å². The molecule has 1 aliphatic rings. The predicted octanol–water partition coefficient (Wildman–Crippen LogP) is 2.81. The summed E-state index contributed by atoms with van der Waals surface area (Å²) in [5.74, 6) is -0.143. The van der Waals surface area contributed by atoms with Crippen molar-refractivity contribution >= 4 is 11.4 Å². The first-order chi connectivity index (χ1) is 9.52. The van der Waals surface area contributed by atoms with Crippen molar-refractivity contribution in [3.05, 3.63) is 17.9 Å². The Hall–Kier alpha value is -1.49. The van der Waals surface area contributed by atoms with E-state index in [0.717, 1.165) is 18.7 Å². The Morgan fingerprint density at radius 3 is 2.90 bits per heavy atom. The van der Waals surface area contributed by atoms with E-state index in [2.05, 4.69) is 11.8 Å². The predicted molar refractivity (Wildman–Crippen MR) is 78.8 cm³/mol. The van der Waals surface area contributed by atoms with Crippen molar-refractivity contribution in [2.45, 2.75) is 39.3 Å². The Bertz CT molecular complexity index is 467. The summed E-state index contributed by atoms with van der Waals surface area (Å²) in [6, 6.07) is 3.25. The van der Waals surface area contributed by atoms with Crippen LogP contribution in [0.2, 0.25) is 0 Å². The molecule has 2 unspecified atom stereocenters. The maximum Gasteiger partial charge on any atom is 0.167 e. The van der Waals surface area contributed by atoms with Crippen LogP contribution in [0.25, 0.3) is 0 Å². The lowest BCUT2D eigenvalue weighted by atomic mass is 10.1. The number of nitrogens with two attached hydrogens (primary N) is 1. The largest absolute Gasteiger partial charge is 0.490 e. The highest BCUT2D eigenvalue weighted by molar-refractivity contribution is 5.70. The Morgan fingerprint density at radius 2 is 2.20 bits per heavy atom. The highest BCUT2D eigenvalue weighted by Crippen LogP contribution is 2.33. The van der Waals surface area contributed by atoms with Gasteiger partial charge in [-0.15, -0.1) is 0 Å². The van der Waals surface area contributed by atoms with Crippen molar-refractivity contribution in [3.63, 3.8) is 0 Å². The lowest BCUT2D eigenvalue weighted by Gasteiger charge is -2.39. The van der Waals surface area contributed by atoms with E-state index in [-0.39, 0.29) is 17.9 Å². The van der Waals surface area contributed by atoms with Crippen LogP contribution in [0.3, 0.4) is 0 Å². The van der Waals surface area contributed by atoms with Crippen LogP contribution in [0.1, 0.15) is 27.2 Å². The van der Waals surface area contributed by atoms with Gasteiger partial charge >= 0.3 is 0 Å². The fourth-order valence-corrected chi connectivity index (χ4v) is 2.37.